The van der Waals surface area contributed by atoms with Gasteiger partial charge in [0.2, 0.25) is 5.88 Å². The van der Waals surface area contributed by atoms with Gasteiger partial charge in [0.1, 0.15) is 23.8 Å². The number of hydrogen-bond acceptors (Lipinski definition) is 13. The van der Waals surface area contributed by atoms with Crippen molar-refractivity contribution in [3.8, 4) is 17.4 Å². The van der Waals surface area contributed by atoms with Gasteiger partial charge in [0.05, 0.1) is 34.4 Å². The van der Waals surface area contributed by atoms with Crippen LogP contribution in [0.15, 0.2) is 78.1 Å². The number of piperidine rings is 1. The number of pyridine rings is 2. The number of nitro groups is 1. The predicted molar refractivity (Wildman–Crippen MR) is 250 cm³/mol. The third-order valence-electron chi connectivity index (χ3n) is 15.1. The van der Waals surface area contributed by atoms with Crippen LogP contribution in [-0.4, -0.2) is 88.1 Å². The smallest absolute Gasteiger partial charge is 0.300 e. The summed E-state index contributed by atoms with van der Waals surface area (Å²) in [5.41, 5.74) is 3.34. The van der Waals surface area contributed by atoms with Crippen LogP contribution >= 0.6 is 0 Å². The molecule has 4 N–H and O–H groups in total. The second-order valence-corrected chi connectivity index (χ2v) is 21.5. The minimum Gasteiger partial charge on any atom is -0.474 e. The van der Waals surface area contributed by atoms with Crippen molar-refractivity contribution < 1.29 is 32.7 Å². The highest BCUT2D eigenvalue weighted by molar-refractivity contribution is 7.90. The van der Waals surface area contributed by atoms with E-state index in [0.717, 1.165) is 49.6 Å². The second kappa shape index (κ2) is 17.1. The number of hydrogen-bond donors (Lipinski definition) is 4. The molecule has 2 saturated carbocycles. The minimum atomic E-state index is -4.77. The second-order valence-electron chi connectivity index (χ2n) is 19.8. The molecule has 0 unspecified atom stereocenters. The lowest BCUT2D eigenvalue weighted by atomic mass is 9.59. The Kier molecular flexibility index (Phi) is 11.4. The Hall–Kier alpha value is -5.78. The summed E-state index contributed by atoms with van der Waals surface area (Å²) in [6, 6.07) is 19.3. The van der Waals surface area contributed by atoms with E-state index in [1.54, 1.807) is 37.4 Å². The van der Waals surface area contributed by atoms with E-state index >= 15 is 0 Å². The lowest BCUT2D eigenvalue weighted by Crippen LogP contribution is -2.54. The maximum Gasteiger partial charge on any atom is 0.300 e. The first-order chi connectivity index (χ1) is 31.6. The van der Waals surface area contributed by atoms with Gasteiger partial charge in [0.15, 0.2) is 10.7 Å². The first-order valence-corrected chi connectivity index (χ1v) is 24.9. The van der Waals surface area contributed by atoms with Crippen LogP contribution in [0.2, 0.25) is 0 Å². The first kappa shape index (κ1) is 44.1. The number of nitrogens with zero attached hydrogens (tertiary/aromatic N) is 5. The van der Waals surface area contributed by atoms with E-state index in [1.165, 1.54) is 43.0 Å². The fourth-order valence-corrected chi connectivity index (χ4v) is 12.3. The molecule has 2 aliphatic carbocycles. The first-order valence-electron chi connectivity index (χ1n) is 23.4. The van der Waals surface area contributed by atoms with Gasteiger partial charge < -0.3 is 29.8 Å². The van der Waals surface area contributed by atoms with Crippen molar-refractivity contribution >= 4 is 44.0 Å². The highest BCUT2D eigenvalue weighted by Crippen LogP contribution is 2.54. The third-order valence-corrected chi connectivity index (χ3v) is 16.3. The number of carbonyl (C=O) groups excluding carboxylic acids is 1. The molecule has 10 rings (SSSR count). The number of ether oxygens (including phenoxy) is 2. The van der Waals surface area contributed by atoms with E-state index in [0.29, 0.717) is 55.1 Å². The van der Waals surface area contributed by atoms with Gasteiger partial charge in [-0.05, 0) is 130 Å². The van der Waals surface area contributed by atoms with Crippen molar-refractivity contribution in [1.29, 1.82) is 0 Å². The molecule has 2 saturated heterocycles. The van der Waals surface area contributed by atoms with Gasteiger partial charge in [0, 0.05) is 48.5 Å². The Morgan fingerprint density at radius 1 is 1.03 bits per heavy atom. The zero-order valence-corrected chi connectivity index (χ0v) is 38.5. The number of sulfonamides is 1. The molecule has 0 bridgehead atoms. The summed E-state index contributed by atoms with van der Waals surface area (Å²) < 4.78 is 42.1. The number of benzene rings is 2. The van der Waals surface area contributed by atoms with Crippen LogP contribution in [-0.2, 0) is 10.0 Å². The average molecular weight is 919 g/mol. The molecule has 66 heavy (non-hydrogen) atoms. The van der Waals surface area contributed by atoms with Crippen molar-refractivity contribution in [2.24, 2.45) is 11.3 Å². The molecule has 2 aromatic carbocycles. The maximum atomic E-state index is 14.1. The van der Waals surface area contributed by atoms with Crippen LogP contribution in [0.3, 0.4) is 0 Å². The van der Waals surface area contributed by atoms with Crippen LogP contribution in [0.25, 0.3) is 11.0 Å². The molecule has 5 aliphatic rings. The SMILES string of the molecule is CC(C)c1ccccc1[C@H]1CCCN1C1CC2(CCN(c3ccc(C(=O)NS(=O)(=O)c4cc([N+](=O)[O-])c5c(n4)OC[C@H](C4CCC(C)(O)CC4)N5)c(Oc4cnc5[nH]ccc5c4)c3)CC2)C1. The number of carbonyl (C=O) groups is 1. The third kappa shape index (κ3) is 8.56. The summed E-state index contributed by atoms with van der Waals surface area (Å²) in [5, 5.41) is 26.0. The van der Waals surface area contributed by atoms with Gasteiger partial charge in [-0.15, -0.1) is 0 Å². The van der Waals surface area contributed by atoms with Crippen molar-refractivity contribution in [1.82, 2.24) is 24.6 Å². The zero-order chi connectivity index (χ0) is 46.0. The van der Waals surface area contributed by atoms with Crippen LogP contribution in [0.5, 0.6) is 17.4 Å². The summed E-state index contributed by atoms with van der Waals surface area (Å²) in [4.78, 5) is 42.5. The fraction of sp³-hybridized carbons (Fsp3) is 0.490. The topological polar surface area (TPSA) is 205 Å². The van der Waals surface area contributed by atoms with E-state index in [9.17, 15) is 28.4 Å². The standard InChI is InChI=1S/C49H58N8O8S/c1-30(2)36-7-4-5-8-37(36)40-9-6-20-56(40)34-26-49(27-34)17-21-55(22-18-49)33-10-11-38(42(24-33)65-35-23-32-14-19-50-45(32)51-28-35)46(58)54-66(62,63)43-25-41(57(60)61)44-47(53-43)64-29-39(52-44)31-12-15-48(3,59)16-13-31/h4-5,7-8,10-11,14,19,23-25,28,30-31,34,39-40,52,59H,6,9,12-13,15-18,20-22,26-27,29H2,1-3H3,(H,50,51)(H,54,58)/t31?,39-,40-,48?/m1/s1. The Morgan fingerprint density at radius 2 is 1.80 bits per heavy atom. The minimum absolute atomic E-state index is 0.0256. The lowest BCUT2D eigenvalue weighted by molar-refractivity contribution is -0.384. The van der Waals surface area contributed by atoms with Gasteiger partial charge in [0.25, 0.3) is 15.9 Å². The fourth-order valence-electron chi connectivity index (χ4n) is 11.4. The van der Waals surface area contributed by atoms with Gasteiger partial charge in [-0.3, -0.25) is 19.8 Å². The van der Waals surface area contributed by atoms with Crippen LogP contribution in [0, 0.1) is 21.4 Å². The van der Waals surface area contributed by atoms with Gasteiger partial charge in [-0.2, -0.15) is 13.4 Å². The van der Waals surface area contributed by atoms with Crippen LogP contribution in [0.4, 0.5) is 17.1 Å². The lowest BCUT2D eigenvalue weighted by Gasteiger charge is -2.56. The quantitative estimate of drug-likeness (QED) is 0.0725. The number of likely N-dealkylation sites (tertiary alicyclic amines) is 1. The Morgan fingerprint density at radius 3 is 2.56 bits per heavy atom. The molecule has 348 valence electrons. The van der Waals surface area contributed by atoms with Crippen molar-refractivity contribution in [2.45, 2.75) is 120 Å². The summed E-state index contributed by atoms with van der Waals surface area (Å²) >= 11 is 0. The largest absolute Gasteiger partial charge is 0.474 e. The molecule has 6 heterocycles. The number of aromatic nitrogens is 3. The van der Waals surface area contributed by atoms with Crippen molar-refractivity contribution in [2.75, 3.05) is 36.5 Å². The monoisotopic (exact) mass is 918 g/mol. The van der Waals surface area contributed by atoms with Gasteiger partial charge in [-0.25, -0.2) is 9.71 Å². The number of rotatable bonds is 11. The van der Waals surface area contributed by atoms with E-state index in [-0.39, 0.29) is 46.9 Å². The molecular weight excluding hydrogens is 861 g/mol. The number of anilines is 2. The Labute approximate surface area is 384 Å². The van der Waals surface area contributed by atoms with E-state index in [1.807, 2.05) is 6.07 Å². The molecular formula is C49H58N8O8S. The molecule has 0 radical (unpaired) electrons. The number of H-pyrrole nitrogens is 1. The number of aromatic amines is 1. The molecule has 1 amide bonds. The van der Waals surface area contributed by atoms with Crippen LogP contribution < -0.4 is 24.4 Å². The number of aliphatic hydroxyl groups is 1. The Bertz CT molecular complexity index is 2770. The number of amides is 1. The molecule has 16 nitrogen and oxygen atoms in total. The summed E-state index contributed by atoms with van der Waals surface area (Å²) in [5.74, 6) is -0.213. The molecule has 2 atom stereocenters. The Balaban J connectivity index is 0.855. The predicted octanol–water partition coefficient (Wildman–Crippen LogP) is 8.60. The van der Waals surface area contributed by atoms with Crippen molar-refractivity contribution in [3.05, 3.63) is 99.9 Å². The van der Waals surface area contributed by atoms with E-state index in [4.69, 9.17) is 9.47 Å². The summed E-state index contributed by atoms with van der Waals surface area (Å²) in [6.45, 7) is 9.26. The highest BCUT2D eigenvalue weighted by Gasteiger charge is 2.50. The molecule has 3 aromatic heterocycles. The molecule has 1 spiro atoms. The summed E-state index contributed by atoms with van der Waals surface area (Å²) in [7, 11) is -4.77. The van der Waals surface area contributed by atoms with E-state index in [2.05, 4.69) is 72.9 Å². The van der Waals surface area contributed by atoms with Crippen molar-refractivity contribution in [3.63, 3.8) is 0 Å². The van der Waals surface area contributed by atoms with Gasteiger partial charge in [-0.1, -0.05) is 38.1 Å². The average Bonchev–Trinajstić information content (AvgIpc) is 3.98. The number of fused-ring (bicyclic) bond motifs is 2. The normalized spacial score (nSPS) is 24.4. The summed E-state index contributed by atoms with van der Waals surface area (Å²) in [6.07, 6.45) is 12.7. The molecule has 3 aliphatic heterocycles. The van der Waals surface area contributed by atoms with Crippen LogP contribution in [0.1, 0.15) is 118 Å². The van der Waals surface area contributed by atoms with E-state index < -0.39 is 37.2 Å². The highest BCUT2D eigenvalue weighted by atomic mass is 32.2. The molecule has 17 heteroatoms. The number of nitrogens with one attached hydrogen (secondary N) is 3. The molecule has 4 fully saturated rings. The zero-order valence-electron chi connectivity index (χ0n) is 37.7. The van der Waals surface area contributed by atoms with Gasteiger partial charge >= 0.3 is 5.69 Å². The maximum absolute atomic E-state index is 14.1. The molecule has 5 aromatic rings.